The second-order valence-electron chi connectivity index (χ2n) is 7.14. The minimum absolute atomic E-state index is 0.226. The summed E-state index contributed by atoms with van der Waals surface area (Å²) in [6.45, 7) is 11.0. The third kappa shape index (κ3) is 2.29. The number of hydrogen-bond donors (Lipinski definition) is 3. The van der Waals surface area contributed by atoms with E-state index in [1.54, 1.807) is 0 Å². The topological polar surface area (TPSA) is 92.0 Å². The van der Waals surface area contributed by atoms with Crippen LogP contribution >= 0.6 is 0 Å². The molecule has 2 heterocycles. The number of hydrogen-bond acceptors (Lipinski definition) is 7. The zero-order chi connectivity index (χ0) is 15.3. The molecule has 0 aromatic carbocycles. The van der Waals surface area contributed by atoms with Crippen molar-refractivity contribution in [2.24, 2.45) is 16.7 Å². The first-order valence-electron chi connectivity index (χ1n) is 7.60. The smallest absolute Gasteiger partial charge is 0.243 e. The number of rotatable bonds is 4. The molecule has 0 bridgehead atoms. The second kappa shape index (κ2) is 4.69. The molecular weight excluding hydrogens is 266 g/mol. The van der Waals surface area contributed by atoms with Crippen LogP contribution in [0.2, 0.25) is 0 Å². The molecule has 1 aliphatic heterocycles. The molecule has 0 radical (unpaired) electrons. The number of nitrogens with two attached hydrogens (primary N) is 1. The maximum absolute atomic E-state index is 5.49. The first-order chi connectivity index (χ1) is 9.86. The fraction of sp³-hybridized carbons (Fsp3) is 0.786. The highest BCUT2D eigenvalue weighted by atomic mass is 15.4. The average molecular weight is 291 g/mol. The first kappa shape index (κ1) is 14.3. The number of hydrazine groups is 1. The van der Waals surface area contributed by atoms with Gasteiger partial charge >= 0.3 is 0 Å². The lowest BCUT2D eigenvalue weighted by molar-refractivity contribution is 0.457. The third-order valence-electron chi connectivity index (χ3n) is 5.44. The van der Waals surface area contributed by atoms with Gasteiger partial charge in [0.1, 0.15) is 0 Å². The molecule has 1 saturated heterocycles. The van der Waals surface area contributed by atoms with Crippen LogP contribution in [-0.4, -0.2) is 34.1 Å². The van der Waals surface area contributed by atoms with E-state index in [0.29, 0.717) is 23.9 Å². The SMILES string of the molecule is CC1(C)C(Nc2nc(NN)nc(N3CCCC3)n2)C1(C)C. The van der Waals surface area contributed by atoms with Crippen molar-refractivity contribution in [2.75, 3.05) is 28.7 Å². The summed E-state index contributed by atoms with van der Waals surface area (Å²) in [5.74, 6) is 7.20. The molecule has 116 valence electrons. The lowest BCUT2D eigenvalue weighted by atomic mass is 10.0. The molecule has 1 aromatic rings. The van der Waals surface area contributed by atoms with Gasteiger partial charge in [-0.15, -0.1) is 0 Å². The Labute approximate surface area is 125 Å². The van der Waals surface area contributed by atoms with Gasteiger partial charge in [0, 0.05) is 19.1 Å². The Hall–Kier alpha value is -1.63. The minimum atomic E-state index is 0.226. The van der Waals surface area contributed by atoms with Crippen LogP contribution < -0.4 is 21.5 Å². The molecule has 1 aromatic heterocycles. The predicted octanol–water partition coefficient (Wildman–Crippen LogP) is 1.60. The Morgan fingerprint density at radius 2 is 1.57 bits per heavy atom. The Balaban J connectivity index is 1.83. The maximum atomic E-state index is 5.49. The molecular formula is C14H25N7. The van der Waals surface area contributed by atoms with Crippen LogP contribution in [0.3, 0.4) is 0 Å². The third-order valence-corrected chi connectivity index (χ3v) is 5.44. The van der Waals surface area contributed by atoms with Crippen molar-refractivity contribution in [1.29, 1.82) is 0 Å². The van der Waals surface area contributed by atoms with Crippen LogP contribution in [-0.2, 0) is 0 Å². The Kier molecular flexibility index (Phi) is 3.20. The van der Waals surface area contributed by atoms with Gasteiger partial charge in [0.2, 0.25) is 17.8 Å². The second-order valence-corrected chi connectivity index (χ2v) is 7.14. The summed E-state index contributed by atoms with van der Waals surface area (Å²) in [5.41, 5.74) is 2.99. The van der Waals surface area contributed by atoms with Crippen molar-refractivity contribution < 1.29 is 0 Å². The lowest BCUT2D eigenvalue weighted by Crippen LogP contribution is -2.24. The van der Waals surface area contributed by atoms with Crippen LogP contribution in [0.5, 0.6) is 0 Å². The summed E-state index contributed by atoms with van der Waals surface area (Å²) in [7, 11) is 0. The fourth-order valence-electron chi connectivity index (χ4n) is 3.24. The quantitative estimate of drug-likeness (QED) is 0.573. The van der Waals surface area contributed by atoms with Gasteiger partial charge in [0.05, 0.1) is 0 Å². The van der Waals surface area contributed by atoms with Crippen molar-refractivity contribution in [1.82, 2.24) is 15.0 Å². The molecule has 2 fully saturated rings. The van der Waals surface area contributed by atoms with Crippen LogP contribution in [0.15, 0.2) is 0 Å². The predicted molar refractivity (Wildman–Crippen MR) is 84.1 cm³/mol. The number of nitrogens with zero attached hydrogens (tertiary/aromatic N) is 4. The van der Waals surface area contributed by atoms with E-state index in [2.05, 4.69) is 58.3 Å². The largest absolute Gasteiger partial charge is 0.350 e. The van der Waals surface area contributed by atoms with E-state index in [-0.39, 0.29) is 10.8 Å². The summed E-state index contributed by atoms with van der Waals surface area (Å²) in [6.07, 6.45) is 2.37. The Morgan fingerprint density at radius 3 is 2.10 bits per heavy atom. The number of nitrogen functional groups attached to an aromatic ring is 1. The molecule has 7 heteroatoms. The molecule has 1 saturated carbocycles. The summed E-state index contributed by atoms with van der Waals surface area (Å²) in [6, 6.07) is 0.351. The number of anilines is 3. The highest BCUT2D eigenvalue weighted by Gasteiger charge is 2.65. The van der Waals surface area contributed by atoms with Gasteiger partial charge in [-0.3, -0.25) is 5.43 Å². The summed E-state index contributed by atoms with van der Waals surface area (Å²) >= 11 is 0. The van der Waals surface area contributed by atoms with Crippen molar-refractivity contribution in [3.63, 3.8) is 0 Å². The van der Waals surface area contributed by atoms with Crippen molar-refractivity contribution >= 4 is 17.8 Å². The molecule has 0 spiro atoms. The zero-order valence-electron chi connectivity index (χ0n) is 13.3. The first-order valence-corrected chi connectivity index (χ1v) is 7.60. The Morgan fingerprint density at radius 1 is 1.00 bits per heavy atom. The van der Waals surface area contributed by atoms with Crippen LogP contribution in [0, 0.1) is 10.8 Å². The van der Waals surface area contributed by atoms with E-state index in [9.17, 15) is 0 Å². The van der Waals surface area contributed by atoms with Crippen molar-refractivity contribution in [3.05, 3.63) is 0 Å². The molecule has 1 aliphatic carbocycles. The standard InChI is InChI=1S/C14H25N7/c1-13(2)9(14(13,3)4)16-10-17-11(20-15)19-12(18-10)21-7-5-6-8-21/h9H,5-8,15H2,1-4H3,(H2,16,17,18,19,20). The van der Waals surface area contributed by atoms with Crippen LogP contribution in [0.25, 0.3) is 0 Å². The van der Waals surface area contributed by atoms with Gasteiger partial charge in [-0.1, -0.05) is 27.7 Å². The normalized spacial score (nSPS) is 23.2. The van der Waals surface area contributed by atoms with E-state index >= 15 is 0 Å². The van der Waals surface area contributed by atoms with Gasteiger partial charge in [0.25, 0.3) is 0 Å². The molecule has 7 nitrogen and oxygen atoms in total. The maximum Gasteiger partial charge on any atom is 0.243 e. The zero-order valence-corrected chi connectivity index (χ0v) is 13.3. The van der Waals surface area contributed by atoms with Gasteiger partial charge in [0.15, 0.2) is 0 Å². The van der Waals surface area contributed by atoms with Crippen LogP contribution in [0.4, 0.5) is 17.8 Å². The van der Waals surface area contributed by atoms with E-state index in [1.165, 1.54) is 12.8 Å². The lowest BCUT2D eigenvalue weighted by Gasteiger charge is -2.17. The van der Waals surface area contributed by atoms with Gasteiger partial charge in [-0.2, -0.15) is 15.0 Å². The molecule has 4 N–H and O–H groups in total. The van der Waals surface area contributed by atoms with E-state index in [4.69, 9.17) is 5.84 Å². The summed E-state index contributed by atoms with van der Waals surface area (Å²) in [5, 5.41) is 3.45. The highest BCUT2D eigenvalue weighted by Crippen LogP contribution is 2.63. The van der Waals surface area contributed by atoms with Gasteiger partial charge in [-0.25, -0.2) is 5.84 Å². The monoisotopic (exact) mass is 291 g/mol. The summed E-state index contributed by atoms with van der Waals surface area (Å²) in [4.78, 5) is 15.4. The molecule has 21 heavy (non-hydrogen) atoms. The Bertz CT molecular complexity index is 520. The number of nitrogens with one attached hydrogen (secondary N) is 2. The molecule has 0 unspecified atom stereocenters. The number of aromatic nitrogens is 3. The van der Waals surface area contributed by atoms with E-state index in [1.807, 2.05) is 0 Å². The van der Waals surface area contributed by atoms with Gasteiger partial charge < -0.3 is 10.2 Å². The van der Waals surface area contributed by atoms with Crippen molar-refractivity contribution in [3.8, 4) is 0 Å². The molecule has 3 rings (SSSR count). The van der Waals surface area contributed by atoms with Gasteiger partial charge in [-0.05, 0) is 23.7 Å². The van der Waals surface area contributed by atoms with E-state index < -0.39 is 0 Å². The molecule has 0 atom stereocenters. The minimum Gasteiger partial charge on any atom is -0.350 e. The van der Waals surface area contributed by atoms with Crippen molar-refractivity contribution in [2.45, 2.75) is 46.6 Å². The summed E-state index contributed by atoms with van der Waals surface area (Å²) < 4.78 is 0. The van der Waals surface area contributed by atoms with E-state index in [0.717, 1.165) is 13.1 Å². The van der Waals surface area contributed by atoms with Crippen LogP contribution in [0.1, 0.15) is 40.5 Å². The highest BCUT2D eigenvalue weighted by molar-refractivity contribution is 5.46. The average Bonchev–Trinajstić information content (AvgIpc) is 2.88. The fourth-order valence-corrected chi connectivity index (χ4v) is 3.24. The molecule has 2 aliphatic rings. The molecule has 0 amide bonds.